The Morgan fingerprint density at radius 1 is 0.486 bits per heavy atom. The summed E-state index contributed by atoms with van der Waals surface area (Å²) >= 11 is 4.20. The molecule has 37 heavy (non-hydrogen) atoms. The molecule has 0 fully saturated rings. The summed E-state index contributed by atoms with van der Waals surface area (Å²) in [4.78, 5) is 3.05. The predicted octanol–water partition coefficient (Wildman–Crippen LogP) is 13.3. The molecular formula is C35H63S2. The third kappa shape index (κ3) is 20.5. The van der Waals surface area contributed by atoms with E-state index in [-0.39, 0.29) is 0 Å². The number of hydrogen-bond acceptors (Lipinski definition) is 2. The number of rotatable bonds is 28. The van der Waals surface area contributed by atoms with Crippen LogP contribution in [0.5, 0.6) is 0 Å². The van der Waals surface area contributed by atoms with E-state index in [9.17, 15) is 0 Å². The second kappa shape index (κ2) is 27.5. The largest absolute Gasteiger partial charge is 0.126 e. The molecular weight excluding hydrogens is 485 g/mol. The lowest BCUT2D eigenvalue weighted by Crippen LogP contribution is -1.94. The van der Waals surface area contributed by atoms with Gasteiger partial charge in [-0.3, -0.25) is 0 Å². The topological polar surface area (TPSA) is 0 Å². The summed E-state index contributed by atoms with van der Waals surface area (Å²) < 4.78 is 0. The molecule has 0 N–H and O–H groups in total. The minimum absolute atomic E-state index is 1.00. The van der Waals surface area contributed by atoms with Gasteiger partial charge in [-0.15, -0.1) is 23.5 Å². The van der Waals surface area contributed by atoms with Crippen molar-refractivity contribution >= 4 is 23.5 Å². The molecule has 0 bridgehead atoms. The Kier molecular flexibility index (Phi) is 26.0. The zero-order valence-electron chi connectivity index (χ0n) is 25.1. The fourth-order valence-electron chi connectivity index (χ4n) is 5.14. The van der Waals surface area contributed by atoms with Crippen molar-refractivity contribution in [2.45, 2.75) is 178 Å². The van der Waals surface area contributed by atoms with Gasteiger partial charge in [0, 0.05) is 9.79 Å². The van der Waals surface area contributed by atoms with Crippen molar-refractivity contribution in [3.63, 3.8) is 0 Å². The van der Waals surface area contributed by atoms with Crippen LogP contribution in [0.3, 0.4) is 0 Å². The average molecular weight is 548 g/mol. The van der Waals surface area contributed by atoms with Gasteiger partial charge in [0.25, 0.3) is 0 Å². The van der Waals surface area contributed by atoms with Crippen molar-refractivity contribution in [2.24, 2.45) is 0 Å². The molecule has 0 atom stereocenters. The minimum Gasteiger partial charge on any atom is -0.126 e. The third-order valence-corrected chi connectivity index (χ3v) is 9.90. The van der Waals surface area contributed by atoms with E-state index in [2.05, 4.69) is 62.5 Å². The number of unbranched alkanes of at least 4 members (excludes halogenated alkanes) is 20. The van der Waals surface area contributed by atoms with Crippen LogP contribution in [0.2, 0.25) is 0 Å². The summed E-state index contributed by atoms with van der Waals surface area (Å²) in [6, 6.07) is 7.01. The van der Waals surface area contributed by atoms with E-state index in [1.165, 1.54) is 163 Å². The Balaban J connectivity index is 2.14. The zero-order chi connectivity index (χ0) is 26.7. The number of benzene rings is 1. The van der Waals surface area contributed by atoms with Crippen LogP contribution in [-0.2, 0) is 6.42 Å². The Bertz CT molecular complexity index is 551. The van der Waals surface area contributed by atoms with Gasteiger partial charge in [0.1, 0.15) is 0 Å². The van der Waals surface area contributed by atoms with Gasteiger partial charge < -0.3 is 0 Å². The Morgan fingerprint density at radius 2 is 0.811 bits per heavy atom. The van der Waals surface area contributed by atoms with Crippen LogP contribution in [0, 0.1) is 6.92 Å². The first-order valence-electron chi connectivity index (χ1n) is 16.5. The van der Waals surface area contributed by atoms with Crippen LogP contribution >= 0.6 is 23.5 Å². The van der Waals surface area contributed by atoms with Gasteiger partial charge in [0.05, 0.1) is 0 Å². The highest BCUT2D eigenvalue weighted by molar-refractivity contribution is 8.00. The predicted molar refractivity (Wildman–Crippen MR) is 174 cm³/mol. The standard InChI is InChI=1S/C35H63S2/c1-4-7-9-11-13-15-17-19-21-23-25-31-36-34-29-27-30-35(33(34)28-6-3)37-32-26-24-22-20-18-16-14-12-10-8-5-2/h27,29-30H,3-26,28,31-32H2,1-2H3. The fraction of sp³-hybridized carbons (Fsp3) is 0.800. The maximum Gasteiger partial charge on any atom is 0.0115 e. The Labute approximate surface area is 242 Å². The lowest BCUT2D eigenvalue weighted by Gasteiger charge is -2.14. The first-order valence-corrected chi connectivity index (χ1v) is 18.5. The molecule has 0 aliphatic rings. The molecule has 0 saturated carbocycles. The smallest absolute Gasteiger partial charge is 0.0115 e. The number of hydrogen-bond donors (Lipinski definition) is 0. The monoisotopic (exact) mass is 547 g/mol. The number of thioether (sulfide) groups is 2. The van der Waals surface area contributed by atoms with Crippen LogP contribution in [0.15, 0.2) is 28.0 Å². The molecule has 0 unspecified atom stereocenters. The van der Waals surface area contributed by atoms with Gasteiger partial charge >= 0.3 is 0 Å². The van der Waals surface area contributed by atoms with Gasteiger partial charge in [-0.1, -0.05) is 155 Å². The van der Waals surface area contributed by atoms with Gasteiger partial charge in [-0.05, 0) is 54.9 Å². The maximum atomic E-state index is 4.18. The van der Waals surface area contributed by atoms with Crippen molar-refractivity contribution < 1.29 is 0 Å². The van der Waals surface area contributed by atoms with Crippen LogP contribution in [-0.4, -0.2) is 11.5 Å². The summed E-state index contributed by atoms with van der Waals surface area (Å²) in [5, 5.41) is 0. The normalized spacial score (nSPS) is 11.4. The molecule has 0 aliphatic carbocycles. The minimum atomic E-state index is 1.00. The third-order valence-electron chi connectivity index (χ3n) is 7.53. The van der Waals surface area contributed by atoms with Crippen molar-refractivity contribution in [1.29, 1.82) is 0 Å². The molecule has 1 rings (SSSR count). The van der Waals surface area contributed by atoms with Crippen LogP contribution in [0.1, 0.15) is 167 Å². The highest BCUT2D eigenvalue weighted by Crippen LogP contribution is 2.33. The van der Waals surface area contributed by atoms with Crippen molar-refractivity contribution in [3.8, 4) is 0 Å². The Morgan fingerprint density at radius 3 is 1.14 bits per heavy atom. The average Bonchev–Trinajstić information content (AvgIpc) is 2.91. The molecule has 0 saturated heterocycles. The van der Waals surface area contributed by atoms with Crippen molar-refractivity contribution in [1.82, 2.24) is 0 Å². The van der Waals surface area contributed by atoms with E-state index < -0.39 is 0 Å². The second-order valence-electron chi connectivity index (χ2n) is 11.1. The first-order chi connectivity index (χ1) is 18.3. The van der Waals surface area contributed by atoms with E-state index in [4.69, 9.17) is 0 Å². The van der Waals surface area contributed by atoms with Gasteiger partial charge in [0.15, 0.2) is 0 Å². The highest BCUT2D eigenvalue weighted by atomic mass is 32.2. The molecule has 0 spiro atoms. The van der Waals surface area contributed by atoms with Crippen LogP contribution in [0.4, 0.5) is 0 Å². The molecule has 0 aliphatic heterocycles. The molecule has 1 aromatic rings. The van der Waals surface area contributed by atoms with Crippen molar-refractivity contribution in [2.75, 3.05) is 11.5 Å². The summed E-state index contributed by atoms with van der Waals surface area (Å²) in [5.74, 6) is 2.54. The summed E-state index contributed by atoms with van der Waals surface area (Å²) in [6.07, 6.45) is 33.5. The van der Waals surface area contributed by atoms with E-state index >= 15 is 0 Å². The molecule has 215 valence electrons. The molecule has 0 aromatic heterocycles. The zero-order valence-corrected chi connectivity index (χ0v) is 26.8. The van der Waals surface area contributed by atoms with E-state index in [1.807, 2.05) is 0 Å². The molecule has 2 heteroatoms. The SMILES string of the molecule is [CH2]CCc1c(SCCCCCCCCCCCCC)cccc1SCCCCCCCCCCCCC. The summed E-state index contributed by atoms with van der Waals surface area (Å²) in [5.41, 5.74) is 1.58. The fourth-order valence-corrected chi connectivity index (χ4v) is 7.46. The van der Waals surface area contributed by atoms with Crippen LogP contribution < -0.4 is 0 Å². The van der Waals surface area contributed by atoms with E-state index in [0.717, 1.165) is 12.8 Å². The second-order valence-corrected chi connectivity index (χ2v) is 13.4. The molecule has 1 radical (unpaired) electrons. The molecule has 0 heterocycles. The lowest BCUT2D eigenvalue weighted by molar-refractivity contribution is 0.555. The highest BCUT2D eigenvalue weighted by Gasteiger charge is 2.09. The van der Waals surface area contributed by atoms with Gasteiger partial charge in [-0.25, -0.2) is 0 Å². The van der Waals surface area contributed by atoms with Crippen LogP contribution in [0.25, 0.3) is 0 Å². The van der Waals surface area contributed by atoms with Crippen molar-refractivity contribution in [3.05, 3.63) is 30.7 Å². The van der Waals surface area contributed by atoms with Gasteiger partial charge in [0.2, 0.25) is 0 Å². The Hall–Kier alpha value is -0.0800. The first kappa shape index (κ1) is 34.9. The molecule has 1 aromatic carbocycles. The van der Waals surface area contributed by atoms with E-state index in [0.29, 0.717) is 0 Å². The van der Waals surface area contributed by atoms with Gasteiger partial charge in [-0.2, -0.15) is 0 Å². The van der Waals surface area contributed by atoms with E-state index in [1.54, 1.807) is 5.56 Å². The summed E-state index contributed by atoms with van der Waals surface area (Å²) in [7, 11) is 0. The quantitative estimate of drug-likeness (QED) is 0.0755. The summed E-state index contributed by atoms with van der Waals surface area (Å²) in [6.45, 7) is 8.78. The maximum absolute atomic E-state index is 4.18. The molecule has 0 amide bonds. The molecule has 0 nitrogen and oxygen atoms in total. The lowest BCUT2D eigenvalue weighted by atomic mass is 10.1.